The molecule has 0 N–H and O–H groups in total. The van der Waals surface area contributed by atoms with Crippen molar-refractivity contribution in [3.63, 3.8) is 0 Å². The molecule has 0 fully saturated rings. The summed E-state index contributed by atoms with van der Waals surface area (Å²) in [5.74, 6) is -1.39. The molecule has 33 heavy (non-hydrogen) atoms. The van der Waals surface area contributed by atoms with Crippen LogP contribution in [0, 0.1) is 0 Å². The number of hydrogen-bond donors (Lipinski definition) is 0. The Labute approximate surface area is 190 Å². The smallest absolute Gasteiger partial charge is 0.416 e. The second kappa shape index (κ2) is 10.1. The summed E-state index contributed by atoms with van der Waals surface area (Å²) in [7, 11) is -1.41. The standard InChI is InChI=1S/C22H23F3N2O5S/c1-5-12-27(18-10-7-9-17(14-18)22(23,24)25)33(30,31)19-11-6-8-16(13-19)21(29)32-15(2)20(28)26(3)4/h5-11,13-15H,1,12H2,2-4H3. The van der Waals surface area contributed by atoms with Crippen LogP contribution in [0.25, 0.3) is 0 Å². The Hall–Kier alpha value is -3.34. The zero-order valence-electron chi connectivity index (χ0n) is 18.2. The van der Waals surface area contributed by atoms with Gasteiger partial charge in [-0.25, -0.2) is 13.2 Å². The lowest BCUT2D eigenvalue weighted by atomic mass is 10.2. The molecule has 0 heterocycles. The summed E-state index contributed by atoms with van der Waals surface area (Å²) in [6.07, 6.45) is -4.54. The quantitative estimate of drug-likeness (QED) is 0.421. The number of rotatable bonds is 8. The fourth-order valence-electron chi connectivity index (χ4n) is 2.85. The molecule has 0 aliphatic rings. The number of carbonyl (C=O) groups excluding carboxylic acids is 2. The molecule has 0 aliphatic carbocycles. The van der Waals surface area contributed by atoms with Crippen LogP contribution in [-0.2, 0) is 25.7 Å². The maximum atomic E-state index is 13.3. The molecule has 178 valence electrons. The Morgan fingerprint density at radius 3 is 2.33 bits per heavy atom. The van der Waals surface area contributed by atoms with Crippen molar-refractivity contribution in [3.8, 4) is 0 Å². The number of anilines is 1. The Morgan fingerprint density at radius 2 is 1.76 bits per heavy atom. The maximum absolute atomic E-state index is 13.3. The molecule has 0 aromatic heterocycles. The Balaban J connectivity index is 2.43. The van der Waals surface area contributed by atoms with Crippen molar-refractivity contribution in [2.75, 3.05) is 24.9 Å². The summed E-state index contributed by atoms with van der Waals surface area (Å²) >= 11 is 0. The lowest BCUT2D eigenvalue weighted by Gasteiger charge is -2.24. The first-order valence-electron chi connectivity index (χ1n) is 9.62. The van der Waals surface area contributed by atoms with E-state index in [-0.39, 0.29) is 22.7 Å². The summed E-state index contributed by atoms with van der Waals surface area (Å²) in [4.78, 5) is 25.2. The van der Waals surface area contributed by atoms with E-state index < -0.39 is 39.7 Å². The molecule has 1 amide bonds. The fourth-order valence-corrected chi connectivity index (χ4v) is 4.32. The van der Waals surface area contributed by atoms with E-state index in [4.69, 9.17) is 4.74 Å². The van der Waals surface area contributed by atoms with Crippen LogP contribution < -0.4 is 4.31 Å². The molecule has 0 spiro atoms. The number of alkyl halides is 3. The van der Waals surface area contributed by atoms with E-state index in [2.05, 4.69) is 6.58 Å². The van der Waals surface area contributed by atoms with Crippen LogP contribution in [0.15, 0.2) is 66.1 Å². The third kappa shape index (κ3) is 6.13. The highest BCUT2D eigenvalue weighted by Gasteiger charge is 2.32. The SMILES string of the molecule is C=CCN(c1cccc(C(F)(F)F)c1)S(=O)(=O)c1cccc(C(=O)OC(C)C(=O)N(C)C)c1. The van der Waals surface area contributed by atoms with Gasteiger partial charge in [-0.05, 0) is 43.3 Å². The van der Waals surface area contributed by atoms with E-state index >= 15 is 0 Å². The molecular weight excluding hydrogens is 461 g/mol. The van der Waals surface area contributed by atoms with Crippen molar-refractivity contribution >= 4 is 27.6 Å². The molecule has 2 rings (SSSR count). The molecule has 2 aromatic rings. The summed E-state index contributed by atoms with van der Waals surface area (Å²) in [5.41, 5.74) is -1.37. The van der Waals surface area contributed by atoms with Gasteiger partial charge in [-0.3, -0.25) is 9.10 Å². The first kappa shape index (κ1) is 25.9. The highest BCUT2D eigenvalue weighted by Crippen LogP contribution is 2.33. The van der Waals surface area contributed by atoms with Crippen molar-refractivity contribution < 1.29 is 35.9 Å². The Kier molecular flexibility index (Phi) is 7.91. The molecule has 2 aromatic carbocycles. The van der Waals surface area contributed by atoms with Crippen molar-refractivity contribution in [2.24, 2.45) is 0 Å². The van der Waals surface area contributed by atoms with E-state index in [0.29, 0.717) is 6.07 Å². The number of likely N-dealkylation sites (N-methyl/N-ethyl adjacent to an activating group) is 1. The minimum Gasteiger partial charge on any atom is -0.449 e. The molecule has 0 radical (unpaired) electrons. The van der Waals surface area contributed by atoms with Gasteiger partial charge in [0.1, 0.15) is 0 Å². The molecule has 1 atom stereocenters. The van der Waals surface area contributed by atoms with Gasteiger partial charge in [0, 0.05) is 14.1 Å². The fraction of sp³-hybridized carbons (Fsp3) is 0.273. The van der Waals surface area contributed by atoms with E-state index in [1.807, 2.05) is 0 Å². The Morgan fingerprint density at radius 1 is 1.12 bits per heavy atom. The van der Waals surface area contributed by atoms with Crippen molar-refractivity contribution in [2.45, 2.75) is 24.1 Å². The molecule has 0 saturated heterocycles. The molecule has 1 unspecified atom stereocenters. The van der Waals surface area contributed by atoms with Gasteiger partial charge < -0.3 is 9.64 Å². The lowest BCUT2D eigenvalue weighted by Crippen LogP contribution is -2.35. The van der Waals surface area contributed by atoms with Gasteiger partial charge in [0.15, 0.2) is 6.10 Å². The zero-order chi connectivity index (χ0) is 25.0. The number of amides is 1. The third-order valence-electron chi connectivity index (χ3n) is 4.49. The lowest BCUT2D eigenvalue weighted by molar-refractivity contribution is -0.138. The summed E-state index contributed by atoms with van der Waals surface area (Å²) in [5, 5.41) is 0. The average molecular weight is 484 g/mol. The highest BCUT2D eigenvalue weighted by molar-refractivity contribution is 7.92. The summed E-state index contributed by atoms with van der Waals surface area (Å²) in [6, 6.07) is 8.70. The van der Waals surface area contributed by atoms with Gasteiger partial charge in [0.25, 0.3) is 15.9 Å². The topological polar surface area (TPSA) is 84.0 Å². The number of ether oxygens (including phenoxy) is 1. The summed E-state index contributed by atoms with van der Waals surface area (Å²) < 4.78 is 71.7. The van der Waals surface area contributed by atoms with E-state index in [0.717, 1.165) is 22.5 Å². The molecule has 0 aliphatic heterocycles. The molecule has 7 nitrogen and oxygen atoms in total. The van der Waals surface area contributed by atoms with E-state index in [1.165, 1.54) is 56.3 Å². The number of halogens is 3. The minimum atomic E-state index is -4.66. The first-order chi connectivity index (χ1) is 15.3. The summed E-state index contributed by atoms with van der Waals surface area (Å²) in [6.45, 7) is 4.54. The van der Waals surface area contributed by atoms with Gasteiger partial charge in [-0.15, -0.1) is 6.58 Å². The van der Waals surface area contributed by atoms with Crippen LogP contribution in [0.4, 0.5) is 18.9 Å². The Bertz CT molecular complexity index is 1150. The third-order valence-corrected chi connectivity index (χ3v) is 6.28. The largest absolute Gasteiger partial charge is 0.449 e. The number of nitrogens with zero attached hydrogens (tertiary/aromatic N) is 2. The second-order valence-corrected chi connectivity index (χ2v) is 9.04. The number of benzene rings is 2. The zero-order valence-corrected chi connectivity index (χ0v) is 19.0. The highest BCUT2D eigenvalue weighted by atomic mass is 32.2. The van der Waals surface area contributed by atoms with E-state index in [1.54, 1.807) is 0 Å². The first-order valence-corrected chi connectivity index (χ1v) is 11.1. The number of esters is 1. The number of carbonyl (C=O) groups is 2. The van der Waals surface area contributed by atoms with Gasteiger partial charge in [0.2, 0.25) is 0 Å². The molecule has 0 saturated carbocycles. The number of hydrogen-bond acceptors (Lipinski definition) is 5. The van der Waals surface area contributed by atoms with Crippen LogP contribution in [0.2, 0.25) is 0 Å². The molecular formula is C22H23F3N2O5S. The molecule has 0 bridgehead atoms. The predicted octanol–water partition coefficient (Wildman–Crippen LogP) is 3.72. The normalized spacial score (nSPS) is 12.5. The second-order valence-electron chi connectivity index (χ2n) is 7.18. The van der Waals surface area contributed by atoms with Crippen LogP contribution in [0.1, 0.15) is 22.8 Å². The minimum absolute atomic E-state index is 0.142. The molecule has 11 heteroatoms. The van der Waals surface area contributed by atoms with Crippen LogP contribution in [-0.4, -0.2) is 51.9 Å². The maximum Gasteiger partial charge on any atom is 0.416 e. The van der Waals surface area contributed by atoms with Gasteiger partial charge in [0.05, 0.1) is 28.3 Å². The monoisotopic (exact) mass is 484 g/mol. The van der Waals surface area contributed by atoms with Crippen molar-refractivity contribution in [1.29, 1.82) is 0 Å². The van der Waals surface area contributed by atoms with Gasteiger partial charge >= 0.3 is 12.1 Å². The predicted molar refractivity (Wildman–Crippen MR) is 116 cm³/mol. The van der Waals surface area contributed by atoms with Crippen molar-refractivity contribution in [3.05, 3.63) is 72.3 Å². The van der Waals surface area contributed by atoms with E-state index in [9.17, 15) is 31.2 Å². The van der Waals surface area contributed by atoms with Gasteiger partial charge in [-0.1, -0.05) is 18.2 Å². The van der Waals surface area contributed by atoms with Crippen molar-refractivity contribution in [1.82, 2.24) is 4.90 Å². The van der Waals surface area contributed by atoms with Crippen LogP contribution in [0.3, 0.4) is 0 Å². The average Bonchev–Trinajstić information content (AvgIpc) is 2.76. The van der Waals surface area contributed by atoms with Crippen LogP contribution >= 0.6 is 0 Å². The number of sulfonamides is 1. The van der Waals surface area contributed by atoms with Crippen LogP contribution in [0.5, 0.6) is 0 Å². The van der Waals surface area contributed by atoms with Gasteiger partial charge in [-0.2, -0.15) is 13.2 Å².